The number of piperazine rings is 1. The Labute approximate surface area is 168 Å². The second kappa shape index (κ2) is 8.25. The summed E-state index contributed by atoms with van der Waals surface area (Å²) in [6, 6.07) is 17.5. The summed E-state index contributed by atoms with van der Waals surface area (Å²) in [5.74, 6) is 0. The van der Waals surface area contributed by atoms with E-state index in [2.05, 4.69) is 26.9 Å². The minimum Gasteiger partial charge on any atom is -0.369 e. The number of alkyl halides is 3. The SMILES string of the molecule is FC(F)(F)c1ccc(-c2cccc(CN3CCN(c4ccncc4)CC3)c2)cc1. The lowest BCUT2D eigenvalue weighted by molar-refractivity contribution is -0.137. The maximum absolute atomic E-state index is 12.8. The predicted molar refractivity (Wildman–Crippen MR) is 109 cm³/mol. The van der Waals surface area contributed by atoms with Gasteiger partial charge in [-0.25, -0.2) is 0 Å². The molecule has 1 fully saturated rings. The number of halogens is 3. The third-order valence-corrected chi connectivity index (χ3v) is 5.28. The molecule has 0 radical (unpaired) electrons. The first-order valence-electron chi connectivity index (χ1n) is 9.63. The Morgan fingerprint density at radius 1 is 0.793 bits per heavy atom. The van der Waals surface area contributed by atoms with Gasteiger partial charge in [-0.1, -0.05) is 30.3 Å². The maximum Gasteiger partial charge on any atom is 0.416 e. The van der Waals surface area contributed by atoms with E-state index in [0.29, 0.717) is 0 Å². The second-order valence-corrected chi connectivity index (χ2v) is 7.24. The number of hydrogen-bond donors (Lipinski definition) is 0. The third-order valence-electron chi connectivity index (χ3n) is 5.28. The quantitative estimate of drug-likeness (QED) is 0.611. The van der Waals surface area contributed by atoms with Crippen LogP contribution in [-0.2, 0) is 12.7 Å². The Balaban J connectivity index is 1.40. The van der Waals surface area contributed by atoms with E-state index in [0.717, 1.165) is 56.0 Å². The lowest BCUT2D eigenvalue weighted by atomic mass is 10.0. The molecule has 0 N–H and O–H groups in total. The molecule has 0 aliphatic carbocycles. The van der Waals surface area contributed by atoms with Crippen LogP contribution in [0, 0.1) is 0 Å². The fourth-order valence-electron chi connectivity index (χ4n) is 3.68. The van der Waals surface area contributed by atoms with Gasteiger partial charge in [-0.2, -0.15) is 13.2 Å². The van der Waals surface area contributed by atoms with E-state index in [1.165, 1.54) is 23.4 Å². The summed E-state index contributed by atoms with van der Waals surface area (Å²) in [6.45, 7) is 4.68. The van der Waals surface area contributed by atoms with Crippen molar-refractivity contribution in [1.29, 1.82) is 0 Å². The summed E-state index contributed by atoms with van der Waals surface area (Å²) in [4.78, 5) is 8.83. The fraction of sp³-hybridized carbons (Fsp3) is 0.261. The first-order valence-corrected chi connectivity index (χ1v) is 9.63. The van der Waals surface area contributed by atoms with Crippen molar-refractivity contribution in [2.24, 2.45) is 0 Å². The van der Waals surface area contributed by atoms with Crippen molar-refractivity contribution in [2.45, 2.75) is 12.7 Å². The van der Waals surface area contributed by atoms with Gasteiger partial charge >= 0.3 is 6.18 Å². The van der Waals surface area contributed by atoms with Crippen molar-refractivity contribution in [2.75, 3.05) is 31.1 Å². The molecule has 3 nitrogen and oxygen atoms in total. The topological polar surface area (TPSA) is 19.4 Å². The average molecular weight is 397 g/mol. The van der Waals surface area contributed by atoms with Gasteiger partial charge in [-0.3, -0.25) is 9.88 Å². The van der Waals surface area contributed by atoms with Crippen molar-refractivity contribution < 1.29 is 13.2 Å². The summed E-state index contributed by atoms with van der Waals surface area (Å²) in [5.41, 5.74) is 3.47. The molecular formula is C23H22F3N3. The first kappa shape index (κ1) is 19.5. The van der Waals surface area contributed by atoms with Crippen molar-refractivity contribution >= 4 is 5.69 Å². The van der Waals surface area contributed by atoms with Gasteiger partial charge in [0.2, 0.25) is 0 Å². The molecule has 3 aromatic rings. The smallest absolute Gasteiger partial charge is 0.369 e. The van der Waals surface area contributed by atoms with Crippen LogP contribution >= 0.6 is 0 Å². The number of benzene rings is 2. The average Bonchev–Trinajstić information content (AvgIpc) is 2.75. The molecule has 1 aliphatic rings. The monoisotopic (exact) mass is 397 g/mol. The molecule has 0 amide bonds. The number of pyridine rings is 1. The molecule has 0 saturated carbocycles. The van der Waals surface area contributed by atoms with Crippen molar-refractivity contribution in [3.63, 3.8) is 0 Å². The maximum atomic E-state index is 12.8. The van der Waals surface area contributed by atoms with Gasteiger partial charge in [0.1, 0.15) is 0 Å². The van der Waals surface area contributed by atoms with Crippen LogP contribution < -0.4 is 4.90 Å². The van der Waals surface area contributed by atoms with Crippen LogP contribution in [0.3, 0.4) is 0 Å². The largest absolute Gasteiger partial charge is 0.416 e. The van der Waals surface area contributed by atoms with E-state index in [1.807, 2.05) is 36.7 Å². The molecular weight excluding hydrogens is 375 g/mol. The minimum absolute atomic E-state index is 0.621. The Morgan fingerprint density at radius 3 is 2.14 bits per heavy atom. The Morgan fingerprint density at radius 2 is 1.48 bits per heavy atom. The molecule has 0 spiro atoms. The predicted octanol–water partition coefficient (Wildman–Crippen LogP) is 5.09. The van der Waals surface area contributed by atoms with E-state index in [-0.39, 0.29) is 0 Å². The van der Waals surface area contributed by atoms with E-state index in [9.17, 15) is 13.2 Å². The van der Waals surface area contributed by atoms with Gasteiger partial charge in [0, 0.05) is 50.8 Å². The number of aromatic nitrogens is 1. The van der Waals surface area contributed by atoms with Gasteiger partial charge < -0.3 is 4.90 Å². The lowest BCUT2D eigenvalue weighted by Gasteiger charge is -2.36. The van der Waals surface area contributed by atoms with Crippen LogP contribution in [0.1, 0.15) is 11.1 Å². The Hall–Kier alpha value is -2.86. The highest BCUT2D eigenvalue weighted by Gasteiger charge is 2.30. The molecule has 0 atom stereocenters. The van der Waals surface area contributed by atoms with Crippen LogP contribution in [0.2, 0.25) is 0 Å². The van der Waals surface area contributed by atoms with Crippen molar-refractivity contribution in [3.8, 4) is 11.1 Å². The minimum atomic E-state index is -4.31. The van der Waals surface area contributed by atoms with E-state index >= 15 is 0 Å². The van der Waals surface area contributed by atoms with Gasteiger partial charge in [0.15, 0.2) is 0 Å². The van der Waals surface area contributed by atoms with Gasteiger partial charge in [0.25, 0.3) is 0 Å². The highest BCUT2D eigenvalue weighted by Crippen LogP contribution is 2.31. The number of rotatable bonds is 4. The number of nitrogens with zero attached hydrogens (tertiary/aromatic N) is 3. The zero-order valence-corrected chi connectivity index (χ0v) is 15.9. The van der Waals surface area contributed by atoms with Crippen molar-refractivity contribution in [3.05, 3.63) is 84.2 Å². The summed E-state index contributed by atoms with van der Waals surface area (Å²) < 4.78 is 38.3. The highest BCUT2D eigenvalue weighted by atomic mass is 19.4. The normalized spacial score (nSPS) is 15.5. The summed E-state index contributed by atoms with van der Waals surface area (Å²) in [5, 5.41) is 0. The molecule has 2 aromatic carbocycles. The standard InChI is InChI=1S/C23H22F3N3/c24-23(25,26)21-6-4-19(5-7-21)20-3-1-2-18(16-20)17-28-12-14-29(15-13-28)22-8-10-27-11-9-22/h1-11,16H,12-15,17H2. The van der Waals surface area contributed by atoms with Gasteiger partial charge in [-0.05, 0) is 47.0 Å². The lowest BCUT2D eigenvalue weighted by Crippen LogP contribution is -2.45. The second-order valence-electron chi connectivity index (χ2n) is 7.24. The van der Waals surface area contributed by atoms with E-state index < -0.39 is 11.7 Å². The third kappa shape index (κ3) is 4.77. The highest BCUT2D eigenvalue weighted by molar-refractivity contribution is 5.64. The van der Waals surface area contributed by atoms with Crippen LogP contribution in [0.4, 0.5) is 18.9 Å². The van der Waals surface area contributed by atoms with E-state index in [4.69, 9.17) is 0 Å². The Kier molecular flexibility index (Phi) is 5.53. The zero-order chi connectivity index (χ0) is 20.3. The van der Waals surface area contributed by atoms with Crippen molar-refractivity contribution in [1.82, 2.24) is 9.88 Å². The molecule has 150 valence electrons. The molecule has 1 aliphatic heterocycles. The van der Waals surface area contributed by atoms with Crippen LogP contribution in [0.15, 0.2) is 73.1 Å². The molecule has 6 heteroatoms. The molecule has 1 aromatic heterocycles. The Bertz CT molecular complexity index is 932. The molecule has 29 heavy (non-hydrogen) atoms. The molecule has 0 bridgehead atoms. The van der Waals surface area contributed by atoms with Crippen LogP contribution in [-0.4, -0.2) is 36.1 Å². The number of hydrogen-bond acceptors (Lipinski definition) is 3. The first-order chi connectivity index (χ1) is 14.0. The summed E-state index contributed by atoms with van der Waals surface area (Å²) in [6.07, 6.45) is -0.679. The van der Waals surface area contributed by atoms with Gasteiger partial charge in [-0.15, -0.1) is 0 Å². The van der Waals surface area contributed by atoms with Crippen LogP contribution in [0.25, 0.3) is 11.1 Å². The zero-order valence-electron chi connectivity index (χ0n) is 15.9. The fourth-order valence-corrected chi connectivity index (χ4v) is 3.68. The number of anilines is 1. The summed E-state index contributed by atoms with van der Waals surface area (Å²) in [7, 11) is 0. The van der Waals surface area contributed by atoms with Gasteiger partial charge in [0.05, 0.1) is 5.56 Å². The molecule has 0 unspecified atom stereocenters. The molecule has 1 saturated heterocycles. The summed E-state index contributed by atoms with van der Waals surface area (Å²) >= 11 is 0. The van der Waals surface area contributed by atoms with Crippen LogP contribution in [0.5, 0.6) is 0 Å². The molecule has 4 rings (SSSR count). The molecule has 2 heterocycles. The van der Waals surface area contributed by atoms with E-state index in [1.54, 1.807) is 0 Å².